The molecule has 1 aliphatic carbocycles. The van der Waals surface area contributed by atoms with Crippen LogP contribution in [0.4, 0.5) is 4.79 Å². The first-order chi connectivity index (χ1) is 12.3. The van der Waals surface area contributed by atoms with Gasteiger partial charge in [0.15, 0.2) is 5.65 Å². The molecule has 1 saturated carbocycles. The van der Waals surface area contributed by atoms with E-state index in [-0.39, 0.29) is 6.03 Å². The highest BCUT2D eigenvalue weighted by atomic mass is 16.2. The van der Waals surface area contributed by atoms with Crippen LogP contribution in [-0.2, 0) is 6.42 Å². The van der Waals surface area contributed by atoms with Crippen molar-refractivity contribution in [3.05, 3.63) is 30.2 Å². The average Bonchev–Trinajstić information content (AvgIpc) is 3.27. The van der Waals surface area contributed by atoms with Crippen LogP contribution in [-0.4, -0.2) is 45.2 Å². The Bertz CT molecular complexity index is 724. The van der Waals surface area contributed by atoms with Crippen LogP contribution >= 0.6 is 0 Å². The molecule has 1 aliphatic heterocycles. The third-order valence-electron chi connectivity index (χ3n) is 6.01. The largest absolute Gasteiger partial charge is 0.338 e. The number of nitrogens with one attached hydrogen (secondary N) is 1. The first kappa shape index (κ1) is 16.4. The van der Waals surface area contributed by atoms with E-state index in [0.717, 1.165) is 37.4 Å². The summed E-state index contributed by atoms with van der Waals surface area (Å²) in [6.45, 7) is 2.52. The zero-order chi connectivity index (χ0) is 17.1. The molecule has 3 heterocycles. The fourth-order valence-corrected chi connectivity index (χ4v) is 4.42. The Balaban J connectivity index is 1.20. The van der Waals surface area contributed by atoms with Crippen LogP contribution in [0.5, 0.6) is 0 Å². The van der Waals surface area contributed by atoms with Crippen molar-refractivity contribution in [1.29, 1.82) is 0 Å². The Labute approximate surface area is 148 Å². The molecule has 6 nitrogen and oxygen atoms in total. The number of amides is 2. The molecule has 2 amide bonds. The number of nitrogens with zero attached hydrogens (tertiary/aromatic N) is 4. The van der Waals surface area contributed by atoms with Crippen molar-refractivity contribution >= 4 is 11.7 Å². The zero-order valence-electron chi connectivity index (χ0n) is 14.8. The predicted octanol–water partition coefficient (Wildman–Crippen LogP) is 3.03. The van der Waals surface area contributed by atoms with Gasteiger partial charge in [0.1, 0.15) is 5.82 Å². The van der Waals surface area contributed by atoms with Crippen molar-refractivity contribution in [3.63, 3.8) is 0 Å². The SMILES string of the molecule is O=C(NCCCc1nnc2ccccn12)N1CCC2(CCCC2)CC1. The third-order valence-corrected chi connectivity index (χ3v) is 6.01. The van der Waals surface area contributed by atoms with Gasteiger partial charge in [0.2, 0.25) is 0 Å². The van der Waals surface area contributed by atoms with Gasteiger partial charge in [-0.2, -0.15) is 0 Å². The molecule has 4 rings (SSSR count). The first-order valence-electron chi connectivity index (χ1n) is 9.57. The number of hydrogen-bond acceptors (Lipinski definition) is 3. The first-order valence-corrected chi connectivity index (χ1v) is 9.57. The van der Waals surface area contributed by atoms with Crippen LogP contribution in [0, 0.1) is 5.41 Å². The highest BCUT2D eigenvalue weighted by Crippen LogP contribution is 2.46. The molecule has 1 N–H and O–H groups in total. The van der Waals surface area contributed by atoms with Crippen molar-refractivity contribution in [2.75, 3.05) is 19.6 Å². The maximum absolute atomic E-state index is 12.4. The normalized spacial score (nSPS) is 19.6. The summed E-state index contributed by atoms with van der Waals surface area (Å²) in [5.41, 5.74) is 1.43. The van der Waals surface area contributed by atoms with Gasteiger partial charge in [-0.25, -0.2) is 4.79 Å². The van der Waals surface area contributed by atoms with Crippen LogP contribution in [0.15, 0.2) is 24.4 Å². The summed E-state index contributed by atoms with van der Waals surface area (Å²) in [6, 6.07) is 5.99. The molecular formula is C19H27N5O. The molecule has 2 fully saturated rings. The topological polar surface area (TPSA) is 62.5 Å². The molecule has 1 saturated heterocycles. The molecule has 0 radical (unpaired) electrons. The van der Waals surface area contributed by atoms with Gasteiger partial charge < -0.3 is 10.2 Å². The van der Waals surface area contributed by atoms with Gasteiger partial charge in [-0.3, -0.25) is 4.40 Å². The Morgan fingerprint density at radius 1 is 1.12 bits per heavy atom. The van der Waals surface area contributed by atoms with E-state index < -0.39 is 0 Å². The minimum atomic E-state index is 0.0962. The number of aromatic nitrogens is 3. The average molecular weight is 341 g/mol. The monoisotopic (exact) mass is 341 g/mol. The van der Waals surface area contributed by atoms with E-state index in [1.165, 1.54) is 38.5 Å². The summed E-state index contributed by atoms with van der Waals surface area (Å²) < 4.78 is 2.01. The molecule has 2 aromatic rings. The molecule has 2 aromatic heterocycles. The lowest BCUT2D eigenvalue weighted by Crippen LogP contribution is -2.47. The van der Waals surface area contributed by atoms with Gasteiger partial charge in [0, 0.05) is 32.3 Å². The van der Waals surface area contributed by atoms with Gasteiger partial charge in [-0.15, -0.1) is 10.2 Å². The molecule has 0 atom stereocenters. The molecule has 2 aliphatic rings. The van der Waals surface area contributed by atoms with Gasteiger partial charge in [0.25, 0.3) is 0 Å². The number of pyridine rings is 1. The van der Waals surface area contributed by atoms with Crippen LogP contribution in [0.3, 0.4) is 0 Å². The molecule has 0 bridgehead atoms. The summed E-state index contributed by atoms with van der Waals surface area (Å²) in [4.78, 5) is 14.4. The van der Waals surface area contributed by atoms with E-state index >= 15 is 0 Å². The minimum Gasteiger partial charge on any atom is -0.338 e. The number of likely N-dealkylation sites (tertiary alicyclic amines) is 1. The fourth-order valence-electron chi connectivity index (χ4n) is 4.42. The maximum Gasteiger partial charge on any atom is 0.317 e. The number of urea groups is 1. The Morgan fingerprint density at radius 3 is 2.72 bits per heavy atom. The molecule has 25 heavy (non-hydrogen) atoms. The maximum atomic E-state index is 12.4. The highest BCUT2D eigenvalue weighted by Gasteiger charge is 2.37. The van der Waals surface area contributed by atoms with Crippen LogP contribution < -0.4 is 5.32 Å². The lowest BCUT2D eigenvalue weighted by Gasteiger charge is -2.39. The molecular weight excluding hydrogens is 314 g/mol. The summed E-state index contributed by atoms with van der Waals surface area (Å²) in [5.74, 6) is 0.950. The van der Waals surface area contributed by atoms with E-state index in [1.54, 1.807) is 0 Å². The van der Waals surface area contributed by atoms with Crippen molar-refractivity contribution in [3.8, 4) is 0 Å². The van der Waals surface area contributed by atoms with Gasteiger partial charge in [0.05, 0.1) is 0 Å². The smallest absolute Gasteiger partial charge is 0.317 e. The number of hydrogen-bond donors (Lipinski definition) is 1. The lowest BCUT2D eigenvalue weighted by molar-refractivity contribution is 0.121. The van der Waals surface area contributed by atoms with Gasteiger partial charge >= 0.3 is 6.03 Å². The van der Waals surface area contributed by atoms with E-state index in [2.05, 4.69) is 15.5 Å². The Kier molecular flexibility index (Phi) is 4.59. The van der Waals surface area contributed by atoms with E-state index in [0.29, 0.717) is 12.0 Å². The number of piperidine rings is 1. The summed E-state index contributed by atoms with van der Waals surface area (Å²) in [5, 5.41) is 11.5. The highest BCUT2D eigenvalue weighted by molar-refractivity contribution is 5.74. The van der Waals surface area contributed by atoms with E-state index in [9.17, 15) is 4.79 Å². The third kappa shape index (κ3) is 3.48. The van der Waals surface area contributed by atoms with E-state index in [4.69, 9.17) is 0 Å². The van der Waals surface area contributed by atoms with Crippen LogP contribution in [0.2, 0.25) is 0 Å². The Morgan fingerprint density at radius 2 is 1.92 bits per heavy atom. The predicted molar refractivity (Wildman–Crippen MR) is 96.4 cm³/mol. The molecule has 0 unspecified atom stereocenters. The fraction of sp³-hybridized carbons (Fsp3) is 0.632. The Hall–Kier alpha value is -2.11. The second-order valence-corrected chi connectivity index (χ2v) is 7.57. The summed E-state index contributed by atoms with van der Waals surface area (Å²) in [7, 11) is 0. The molecule has 0 aromatic carbocycles. The van der Waals surface area contributed by atoms with Gasteiger partial charge in [-0.1, -0.05) is 18.9 Å². The van der Waals surface area contributed by atoms with Crippen molar-refractivity contribution < 1.29 is 4.79 Å². The van der Waals surface area contributed by atoms with Crippen molar-refractivity contribution in [2.24, 2.45) is 5.41 Å². The lowest BCUT2D eigenvalue weighted by atomic mass is 9.77. The summed E-state index contributed by atoms with van der Waals surface area (Å²) >= 11 is 0. The summed E-state index contributed by atoms with van der Waals surface area (Å²) in [6.07, 6.45) is 11.5. The zero-order valence-corrected chi connectivity index (χ0v) is 14.8. The number of aryl methyl sites for hydroxylation is 1. The number of fused-ring (bicyclic) bond motifs is 1. The number of carbonyl (C=O) groups is 1. The standard InChI is InChI=1S/C19H27N5O/c25-18(23-14-10-19(11-15-23)8-2-3-9-19)20-12-5-7-17-22-21-16-6-1-4-13-24(16)17/h1,4,6,13H,2-3,5,7-12,14-15H2,(H,20,25). The minimum absolute atomic E-state index is 0.0962. The molecule has 6 heteroatoms. The van der Waals surface area contributed by atoms with Gasteiger partial charge in [-0.05, 0) is 49.7 Å². The van der Waals surface area contributed by atoms with Crippen molar-refractivity contribution in [1.82, 2.24) is 24.8 Å². The molecule has 1 spiro atoms. The quantitative estimate of drug-likeness (QED) is 0.870. The van der Waals surface area contributed by atoms with Crippen LogP contribution in [0.25, 0.3) is 5.65 Å². The van der Waals surface area contributed by atoms with E-state index in [1.807, 2.05) is 33.7 Å². The van der Waals surface area contributed by atoms with Crippen LogP contribution in [0.1, 0.15) is 50.8 Å². The van der Waals surface area contributed by atoms with Crippen molar-refractivity contribution in [2.45, 2.75) is 51.4 Å². The second-order valence-electron chi connectivity index (χ2n) is 7.57. The molecule has 134 valence electrons. The number of rotatable bonds is 4. The number of carbonyl (C=O) groups excluding carboxylic acids is 1. The second kappa shape index (κ2) is 7.02.